The fourth-order valence-corrected chi connectivity index (χ4v) is 2.07. The van der Waals surface area contributed by atoms with Crippen molar-refractivity contribution in [2.75, 3.05) is 14.2 Å². The predicted octanol–water partition coefficient (Wildman–Crippen LogP) is 5.28. The van der Waals surface area contributed by atoms with Crippen LogP contribution in [0.5, 0.6) is 5.75 Å². The Kier molecular flexibility index (Phi) is 8.65. The first-order valence-electron chi connectivity index (χ1n) is 7.92. The molecule has 0 heterocycles. The Morgan fingerprint density at radius 1 is 1.18 bits per heavy atom. The van der Waals surface area contributed by atoms with Crippen molar-refractivity contribution in [3.05, 3.63) is 65.2 Å². The summed E-state index contributed by atoms with van der Waals surface area (Å²) < 4.78 is 45.8. The molecular weight excluding hydrogens is 373 g/mol. The van der Waals surface area contributed by atoms with E-state index in [0.717, 1.165) is 17.7 Å². The SMILES string of the molecule is COC(=O)C=Cc1ccccc1N=C=N.COc1ccc(C(F)(F)F)cc1C. The lowest BCUT2D eigenvalue weighted by molar-refractivity contribution is -0.137. The average molecular weight is 392 g/mol. The summed E-state index contributed by atoms with van der Waals surface area (Å²) in [5, 5.41) is 6.76. The minimum atomic E-state index is -4.28. The highest BCUT2D eigenvalue weighted by Gasteiger charge is 2.30. The second-order valence-corrected chi connectivity index (χ2v) is 5.32. The lowest BCUT2D eigenvalue weighted by atomic mass is 10.1. The summed E-state index contributed by atoms with van der Waals surface area (Å²) in [6.45, 7) is 1.58. The van der Waals surface area contributed by atoms with Gasteiger partial charge in [-0.05, 0) is 42.8 Å². The molecule has 2 aromatic carbocycles. The number of esters is 1. The number of nitrogens with one attached hydrogen (secondary N) is 1. The lowest BCUT2D eigenvalue weighted by Gasteiger charge is -2.09. The van der Waals surface area contributed by atoms with E-state index in [1.807, 2.05) is 12.1 Å². The van der Waals surface area contributed by atoms with Crippen molar-refractivity contribution in [2.24, 2.45) is 4.99 Å². The standard InChI is InChI=1S/C11H10N2O2.C9H9F3O/c1-15-11(14)7-6-9-4-2-3-5-10(9)13-8-12;1-6-5-7(9(10,11)12)3-4-8(6)13-2/h2-7,12H,1H3;3-5H,1-2H3. The maximum Gasteiger partial charge on any atom is 0.416 e. The number of alkyl halides is 3. The van der Waals surface area contributed by atoms with E-state index in [4.69, 9.17) is 10.1 Å². The summed E-state index contributed by atoms with van der Waals surface area (Å²) >= 11 is 0. The van der Waals surface area contributed by atoms with E-state index in [9.17, 15) is 18.0 Å². The van der Waals surface area contributed by atoms with Gasteiger partial charge in [-0.25, -0.2) is 10.2 Å². The fraction of sp³-hybridized carbons (Fsp3) is 0.200. The van der Waals surface area contributed by atoms with Crippen molar-refractivity contribution in [3.63, 3.8) is 0 Å². The Morgan fingerprint density at radius 2 is 1.86 bits per heavy atom. The number of para-hydroxylation sites is 1. The summed E-state index contributed by atoms with van der Waals surface area (Å²) in [5.74, 6) is 0.0386. The monoisotopic (exact) mass is 392 g/mol. The number of benzene rings is 2. The maximum atomic E-state index is 12.2. The number of ether oxygens (including phenoxy) is 2. The molecule has 0 fully saturated rings. The highest BCUT2D eigenvalue weighted by molar-refractivity contribution is 5.88. The van der Waals surface area contributed by atoms with Gasteiger partial charge in [-0.3, -0.25) is 0 Å². The van der Waals surface area contributed by atoms with Gasteiger partial charge in [0.1, 0.15) is 5.75 Å². The van der Waals surface area contributed by atoms with Crippen molar-refractivity contribution in [3.8, 4) is 5.75 Å². The van der Waals surface area contributed by atoms with Crippen molar-refractivity contribution in [2.45, 2.75) is 13.1 Å². The van der Waals surface area contributed by atoms with Gasteiger partial charge in [0.15, 0.2) is 0 Å². The number of nitrogens with zero attached hydrogens (tertiary/aromatic N) is 1. The van der Waals surface area contributed by atoms with E-state index in [1.54, 1.807) is 31.2 Å². The smallest absolute Gasteiger partial charge is 0.416 e. The van der Waals surface area contributed by atoms with Crippen LogP contribution in [0, 0.1) is 12.3 Å². The largest absolute Gasteiger partial charge is 0.496 e. The van der Waals surface area contributed by atoms with E-state index in [-0.39, 0.29) is 0 Å². The molecule has 0 aliphatic rings. The first-order valence-corrected chi connectivity index (χ1v) is 7.92. The molecule has 5 nitrogen and oxygen atoms in total. The molecule has 148 valence electrons. The summed E-state index contributed by atoms with van der Waals surface area (Å²) in [6, 6.07) is 12.5. The zero-order valence-corrected chi connectivity index (χ0v) is 15.5. The van der Waals surface area contributed by atoms with Gasteiger partial charge in [0.2, 0.25) is 0 Å². The molecular formula is C20H19F3N2O3. The van der Waals surface area contributed by atoms with Crippen LogP contribution in [0.4, 0.5) is 18.9 Å². The minimum absolute atomic E-state index is 0.427. The molecule has 0 amide bonds. The third-order valence-corrected chi connectivity index (χ3v) is 3.44. The van der Waals surface area contributed by atoms with Gasteiger partial charge < -0.3 is 9.47 Å². The molecule has 28 heavy (non-hydrogen) atoms. The van der Waals surface area contributed by atoms with Crippen LogP contribution >= 0.6 is 0 Å². The van der Waals surface area contributed by atoms with Crippen LogP contribution in [0.2, 0.25) is 0 Å². The lowest BCUT2D eigenvalue weighted by Crippen LogP contribution is -2.05. The van der Waals surface area contributed by atoms with Crippen LogP contribution in [-0.4, -0.2) is 26.2 Å². The highest BCUT2D eigenvalue weighted by Crippen LogP contribution is 2.32. The zero-order valence-electron chi connectivity index (χ0n) is 15.5. The second kappa shape index (κ2) is 10.7. The first kappa shape index (κ1) is 22.7. The van der Waals surface area contributed by atoms with Crippen molar-refractivity contribution >= 4 is 23.7 Å². The van der Waals surface area contributed by atoms with E-state index in [2.05, 4.69) is 9.73 Å². The third-order valence-electron chi connectivity index (χ3n) is 3.44. The number of rotatable bonds is 4. The number of aliphatic imine (C=N–C) groups is 1. The maximum absolute atomic E-state index is 12.2. The van der Waals surface area contributed by atoms with Crippen LogP contribution in [-0.2, 0) is 15.7 Å². The highest BCUT2D eigenvalue weighted by atomic mass is 19.4. The summed E-state index contributed by atoms with van der Waals surface area (Å²) in [7, 11) is 2.74. The number of halogens is 3. The fourth-order valence-electron chi connectivity index (χ4n) is 2.07. The number of carbonyl (C=O) groups is 1. The quantitative estimate of drug-likeness (QED) is 0.437. The van der Waals surface area contributed by atoms with Crippen molar-refractivity contribution in [1.29, 1.82) is 5.41 Å². The molecule has 0 unspecified atom stereocenters. The van der Waals surface area contributed by atoms with Gasteiger partial charge in [-0.2, -0.15) is 18.2 Å². The van der Waals surface area contributed by atoms with Gasteiger partial charge in [-0.15, -0.1) is 0 Å². The topological polar surface area (TPSA) is 71.7 Å². The molecule has 0 spiro atoms. The summed E-state index contributed by atoms with van der Waals surface area (Å²) in [5.41, 5.74) is 1.17. The minimum Gasteiger partial charge on any atom is -0.496 e. The average Bonchev–Trinajstić information content (AvgIpc) is 2.67. The Labute approximate surface area is 160 Å². The molecule has 0 bridgehead atoms. The Morgan fingerprint density at radius 3 is 2.39 bits per heavy atom. The van der Waals surface area contributed by atoms with Crippen molar-refractivity contribution in [1.82, 2.24) is 0 Å². The van der Waals surface area contributed by atoms with Crippen molar-refractivity contribution < 1.29 is 27.4 Å². The zero-order chi connectivity index (χ0) is 21.2. The van der Waals surface area contributed by atoms with Gasteiger partial charge in [0.25, 0.3) is 0 Å². The number of aryl methyl sites for hydroxylation is 1. The molecule has 0 atom stereocenters. The molecule has 2 rings (SSSR count). The van der Waals surface area contributed by atoms with Crippen LogP contribution in [0.15, 0.2) is 53.5 Å². The predicted molar refractivity (Wildman–Crippen MR) is 100 cm³/mol. The van der Waals surface area contributed by atoms with Gasteiger partial charge >= 0.3 is 12.1 Å². The molecule has 2 aromatic rings. The van der Waals surface area contributed by atoms with E-state index in [0.29, 0.717) is 17.0 Å². The number of hydrogen-bond acceptors (Lipinski definition) is 5. The molecule has 1 N–H and O–H groups in total. The molecule has 0 aromatic heterocycles. The van der Waals surface area contributed by atoms with Crippen LogP contribution in [0.25, 0.3) is 6.08 Å². The Balaban J connectivity index is 0.000000283. The number of hydrogen-bond donors (Lipinski definition) is 1. The Hall–Kier alpha value is -3.38. The molecule has 0 saturated heterocycles. The van der Waals surface area contributed by atoms with E-state index < -0.39 is 17.7 Å². The molecule has 0 aliphatic heterocycles. The number of methoxy groups -OCH3 is 2. The van der Waals surface area contributed by atoms with Gasteiger partial charge in [0.05, 0.1) is 31.5 Å². The van der Waals surface area contributed by atoms with E-state index in [1.165, 1.54) is 26.4 Å². The molecule has 0 aliphatic carbocycles. The third kappa shape index (κ3) is 7.09. The van der Waals surface area contributed by atoms with Gasteiger partial charge in [-0.1, -0.05) is 18.2 Å². The summed E-state index contributed by atoms with van der Waals surface area (Å²) in [6.07, 6.45) is -1.39. The van der Waals surface area contributed by atoms with Crippen LogP contribution in [0.1, 0.15) is 16.7 Å². The first-order chi connectivity index (χ1) is 13.2. The normalized spacial score (nSPS) is 10.5. The van der Waals surface area contributed by atoms with Crippen LogP contribution < -0.4 is 4.74 Å². The van der Waals surface area contributed by atoms with Gasteiger partial charge in [0, 0.05) is 11.6 Å². The van der Waals surface area contributed by atoms with Crippen LogP contribution in [0.3, 0.4) is 0 Å². The molecule has 0 radical (unpaired) electrons. The van der Waals surface area contributed by atoms with E-state index >= 15 is 0 Å². The summed E-state index contributed by atoms with van der Waals surface area (Å²) in [4.78, 5) is 14.6. The molecule has 0 saturated carbocycles. The molecule has 8 heteroatoms. The Bertz CT molecular complexity index is 887. The second-order valence-electron chi connectivity index (χ2n) is 5.32. The number of carbonyl (C=O) groups excluding carboxylic acids is 1.